The average molecular weight is 356 g/mol. The maximum atomic E-state index is 12.1. The molecule has 1 aliphatic rings. The lowest BCUT2D eigenvalue weighted by molar-refractivity contribution is -0.132. The standard InChI is InChI=1S/C15H22BrN3O2/c1-18(12-15(20)19-8-6-17-7-9-19)10-11-21-14-4-2-13(16)3-5-14/h2-5,17H,6-12H2,1H3. The van der Waals surface area contributed by atoms with Gasteiger partial charge in [0, 0.05) is 37.2 Å². The van der Waals surface area contributed by atoms with Gasteiger partial charge in [-0.25, -0.2) is 0 Å². The number of nitrogens with one attached hydrogen (secondary N) is 1. The van der Waals surface area contributed by atoms with E-state index in [0.29, 0.717) is 13.2 Å². The van der Waals surface area contributed by atoms with Crippen molar-refractivity contribution in [2.24, 2.45) is 0 Å². The highest BCUT2D eigenvalue weighted by Crippen LogP contribution is 2.15. The van der Waals surface area contributed by atoms with Gasteiger partial charge in [0.1, 0.15) is 12.4 Å². The Kier molecular flexibility index (Phi) is 6.48. The van der Waals surface area contributed by atoms with Crippen LogP contribution in [0.15, 0.2) is 28.7 Å². The van der Waals surface area contributed by atoms with Crippen molar-refractivity contribution in [3.8, 4) is 5.75 Å². The lowest BCUT2D eigenvalue weighted by Gasteiger charge is -2.29. The zero-order valence-electron chi connectivity index (χ0n) is 12.3. The van der Waals surface area contributed by atoms with E-state index >= 15 is 0 Å². The Morgan fingerprint density at radius 3 is 2.67 bits per heavy atom. The highest BCUT2D eigenvalue weighted by Gasteiger charge is 2.17. The Labute approximate surface area is 134 Å². The molecule has 2 rings (SSSR count). The summed E-state index contributed by atoms with van der Waals surface area (Å²) in [6.45, 7) is 5.15. The highest BCUT2D eigenvalue weighted by atomic mass is 79.9. The molecule has 0 saturated carbocycles. The van der Waals surface area contributed by atoms with Gasteiger partial charge in [-0.3, -0.25) is 9.69 Å². The molecule has 0 spiro atoms. The molecule has 21 heavy (non-hydrogen) atoms. The van der Waals surface area contributed by atoms with E-state index < -0.39 is 0 Å². The molecular weight excluding hydrogens is 334 g/mol. The molecule has 1 aliphatic heterocycles. The zero-order valence-corrected chi connectivity index (χ0v) is 13.9. The van der Waals surface area contributed by atoms with Crippen molar-refractivity contribution in [3.63, 3.8) is 0 Å². The van der Waals surface area contributed by atoms with Gasteiger partial charge in [0.25, 0.3) is 0 Å². The molecule has 6 heteroatoms. The topological polar surface area (TPSA) is 44.8 Å². The quantitative estimate of drug-likeness (QED) is 0.832. The monoisotopic (exact) mass is 355 g/mol. The molecule has 1 heterocycles. The van der Waals surface area contributed by atoms with Gasteiger partial charge < -0.3 is 15.0 Å². The first-order chi connectivity index (χ1) is 10.1. The molecule has 0 bridgehead atoms. The van der Waals surface area contributed by atoms with Crippen LogP contribution in [0.5, 0.6) is 5.75 Å². The molecule has 0 radical (unpaired) electrons. The summed E-state index contributed by atoms with van der Waals surface area (Å²) in [4.78, 5) is 16.0. The first-order valence-electron chi connectivity index (χ1n) is 7.20. The van der Waals surface area contributed by atoms with Gasteiger partial charge in [-0.15, -0.1) is 0 Å². The maximum Gasteiger partial charge on any atom is 0.236 e. The second kappa shape index (κ2) is 8.36. The van der Waals surface area contributed by atoms with Crippen LogP contribution < -0.4 is 10.1 Å². The van der Waals surface area contributed by atoms with Crippen molar-refractivity contribution < 1.29 is 9.53 Å². The molecular formula is C15H22BrN3O2. The third-order valence-corrected chi connectivity index (χ3v) is 3.96. The highest BCUT2D eigenvalue weighted by molar-refractivity contribution is 9.10. The average Bonchev–Trinajstić information content (AvgIpc) is 2.50. The van der Waals surface area contributed by atoms with Crippen molar-refractivity contribution in [3.05, 3.63) is 28.7 Å². The summed E-state index contributed by atoms with van der Waals surface area (Å²) in [6, 6.07) is 7.76. The minimum Gasteiger partial charge on any atom is -0.492 e. The lowest BCUT2D eigenvalue weighted by atomic mass is 10.3. The number of rotatable bonds is 6. The summed E-state index contributed by atoms with van der Waals surface area (Å²) in [5.41, 5.74) is 0. The number of likely N-dealkylation sites (N-methyl/N-ethyl adjacent to an activating group) is 1. The number of hydrogen-bond donors (Lipinski definition) is 1. The molecule has 0 aromatic heterocycles. The van der Waals surface area contributed by atoms with Crippen molar-refractivity contribution in [1.29, 1.82) is 0 Å². The van der Waals surface area contributed by atoms with E-state index in [-0.39, 0.29) is 5.91 Å². The number of hydrogen-bond acceptors (Lipinski definition) is 4. The summed E-state index contributed by atoms with van der Waals surface area (Å²) in [7, 11) is 1.95. The number of amides is 1. The van der Waals surface area contributed by atoms with Crippen molar-refractivity contribution >= 4 is 21.8 Å². The second-order valence-corrected chi connectivity index (χ2v) is 6.09. The van der Waals surface area contributed by atoms with Gasteiger partial charge in [-0.05, 0) is 31.3 Å². The normalized spacial score (nSPS) is 15.3. The predicted octanol–water partition coefficient (Wildman–Crippen LogP) is 1.19. The van der Waals surface area contributed by atoms with Crippen LogP contribution in [0.1, 0.15) is 0 Å². The first-order valence-corrected chi connectivity index (χ1v) is 8.00. The Hall–Kier alpha value is -1.11. The van der Waals surface area contributed by atoms with Crippen LogP contribution in [0.2, 0.25) is 0 Å². The molecule has 5 nitrogen and oxygen atoms in total. The SMILES string of the molecule is CN(CCOc1ccc(Br)cc1)CC(=O)N1CCNCC1. The minimum atomic E-state index is 0.197. The fourth-order valence-electron chi connectivity index (χ4n) is 2.17. The third kappa shape index (κ3) is 5.65. The molecule has 0 aliphatic carbocycles. The molecule has 1 saturated heterocycles. The van der Waals surface area contributed by atoms with Crippen LogP contribution >= 0.6 is 15.9 Å². The van der Waals surface area contributed by atoms with Crippen LogP contribution in [0.4, 0.5) is 0 Å². The van der Waals surface area contributed by atoms with Gasteiger partial charge in [-0.1, -0.05) is 15.9 Å². The predicted molar refractivity (Wildman–Crippen MR) is 86.6 cm³/mol. The van der Waals surface area contributed by atoms with Crippen LogP contribution in [0, 0.1) is 0 Å². The fraction of sp³-hybridized carbons (Fsp3) is 0.533. The smallest absolute Gasteiger partial charge is 0.236 e. The van der Waals surface area contributed by atoms with Crippen LogP contribution in [-0.4, -0.2) is 68.6 Å². The van der Waals surface area contributed by atoms with Gasteiger partial charge in [0.2, 0.25) is 5.91 Å². The maximum absolute atomic E-state index is 12.1. The third-order valence-electron chi connectivity index (χ3n) is 3.43. The number of halogens is 1. The summed E-state index contributed by atoms with van der Waals surface area (Å²) in [6.07, 6.45) is 0. The van der Waals surface area contributed by atoms with E-state index in [0.717, 1.165) is 42.9 Å². The lowest BCUT2D eigenvalue weighted by Crippen LogP contribution is -2.49. The van der Waals surface area contributed by atoms with Gasteiger partial charge in [-0.2, -0.15) is 0 Å². The number of carbonyl (C=O) groups is 1. The largest absolute Gasteiger partial charge is 0.492 e. The van der Waals surface area contributed by atoms with E-state index in [1.165, 1.54) is 0 Å². The van der Waals surface area contributed by atoms with E-state index in [1.807, 2.05) is 41.1 Å². The molecule has 1 aromatic carbocycles. The Morgan fingerprint density at radius 2 is 2.00 bits per heavy atom. The number of benzene rings is 1. The van der Waals surface area contributed by atoms with Crippen LogP contribution in [-0.2, 0) is 4.79 Å². The fourth-order valence-corrected chi connectivity index (χ4v) is 2.44. The Balaban J connectivity index is 1.65. The molecule has 1 aromatic rings. The van der Waals surface area contributed by atoms with Crippen LogP contribution in [0.3, 0.4) is 0 Å². The van der Waals surface area contributed by atoms with E-state index in [9.17, 15) is 4.79 Å². The van der Waals surface area contributed by atoms with E-state index in [2.05, 4.69) is 21.2 Å². The summed E-state index contributed by atoms with van der Waals surface area (Å²) in [5.74, 6) is 1.04. The molecule has 0 unspecified atom stereocenters. The number of ether oxygens (including phenoxy) is 1. The van der Waals surface area contributed by atoms with E-state index in [4.69, 9.17) is 4.74 Å². The molecule has 1 amide bonds. The number of piperazine rings is 1. The van der Waals surface area contributed by atoms with Crippen molar-refractivity contribution in [1.82, 2.24) is 15.1 Å². The first kappa shape index (κ1) is 16.3. The van der Waals surface area contributed by atoms with Gasteiger partial charge >= 0.3 is 0 Å². The van der Waals surface area contributed by atoms with Crippen LogP contribution in [0.25, 0.3) is 0 Å². The summed E-state index contributed by atoms with van der Waals surface area (Å²) < 4.78 is 6.70. The van der Waals surface area contributed by atoms with E-state index in [1.54, 1.807) is 0 Å². The second-order valence-electron chi connectivity index (χ2n) is 5.17. The minimum absolute atomic E-state index is 0.197. The number of carbonyl (C=O) groups excluding carboxylic acids is 1. The molecule has 1 N–H and O–H groups in total. The number of nitrogens with zero attached hydrogens (tertiary/aromatic N) is 2. The molecule has 1 fully saturated rings. The molecule has 0 atom stereocenters. The van der Waals surface area contributed by atoms with Gasteiger partial charge in [0.15, 0.2) is 0 Å². The summed E-state index contributed by atoms with van der Waals surface area (Å²) >= 11 is 3.39. The van der Waals surface area contributed by atoms with Crippen molar-refractivity contribution in [2.75, 3.05) is 52.9 Å². The van der Waals surface area contributed by atoms with Crippen molar-refractivity contribution in [2.45, 2.75) is 0 Å². The zero-order chi connectivity index (χ0) is 15.1. The summed E-state index contributed by atoms with van der Waals surface area (Å²) in [5, 5.41) is 3.25. The molecule has 116 valence electrons. The Bertz CT molecular complexity index is 447. The van der Waals surface area contributed by atoms with Gasteiger partial charge in [0.05, 0.1) is 6.54 Å². The Morgan fingerprint density at radius 1 is 1.33 bits per heavy atom.